The Morgan fingerprint density at radius 3 is 2.86 bits per heavy atom. The molecule has 0 radical (unpaired) electrons. The van der Waals surface area contributed by atoms with Crippen molar-refractivity contribution >= 4 is 33.3 Å². The smallest absolute Gasteiger partial charge is 0.225 e. The van der Waals surface area contributed by atoms with Gasteiger partial charge in [-0.3, -0.25) is 0 Å². The van der Waals surface area contributed by atoms with Crippen LogP contribution in [0.1, 0.15) is 26.2 Å². The van der Waals surface area contributed by atoms with Crippen LogP contribution in [0.15, 0.2) is 11.4 Å². The predicted octanol–water partition coefficient (Wildman–Crippen LogP) is 3.02. The molecule has 1 aliphatic heterocycles. The normalized spacial score (nSPS) is 17.8. The Kier molecular flexibility index (Phi) is 4.55. The molecular weight excluding hydrogens is 282 g/mol. The van der Waals surface area contributed by atoms with E-state index in [2.05, 4.69) is 43.9 Å². The van der Waals surface area contributed by atoms with E-state index in [1.165, 1.54) is 32.4 Å². The van der Waals surface area contributed by atoms with E-state index in [1.54, 1.807) is 11.3 Å². The Bertz CT molecular complexity index is 591. The highest BCUT2D eigenvalue weighted by Crippen LogP contribution is 2.26. The molecule has 6 heteroatoms. The highest BCUT2D eigenvalue weighted by Gasteiger charge is 2.15. The fourth-order valence-electron chi connectivity index (χ4n) is 2.89. The second-order valence-corrected chi connectivity index (χ2v) is 6.59. The molecule has 0 aliphatic carbocycles. The van der Waals surface area contributed by atoms with Crippen LogP contribution in [0.4, 0.5) is 11.8 Å². The minimum absolute atomic E-state index is 0.380. The molecule has 0 aromatic carbocycles. The van der Waals surface area contributed by atoms with Gasteiger partial charge in [-0.1, -0.05) is 6.42 Å². The van der Waals surface area contributed by atoms with Gasteiger partial charge in [0, 0.05) is 19.6 Å². The first-order valence-corrected chi connectivity index (χ1v) is 8.56. The summed E-state index contributed by atoms with van der Waals surface area (Å²) < 4.78 is 0. The average molecular weight is 305 g/mol. The number of thiophene rings is 1. The van der Waals surface area contributed by atoms with Crippen molar-refractivity contribution in [3.8, 4) is 0 Å². The van der Waals surface area contributed by atoms with Crippen molar-refractivity contribution in [2.24, 2.45) is 0 Å². The van der Waals surface area contributed by atoms with E-state index in [0.29, 0.717) is 12.0 Å². The number of piperidine rings is 1. The zero-order valence-electron chi connectivity index (χ0n) is 12.7. The molecule has 3 heterocycles. The van der Waals surface area contributed by atoms with Gasteiger partial charge < -0.3 is 15.5 Å². The number of likely N-dealkylation sites (tertiary alicyclic amines) is 1. The predicted molar refractivity (Wildman–Crippen MR) is 90.3 cm³/mol. The van der Waals surface area contributed by atoms with Gasteiger partial charge in [0.05, 0.1) is 5.39 Å². The number of aromatic nitrogens is 2. The van der Waals surface area contributed by atoms with Crippen LogP contribution < -0.4 is 10.6 Å². The first-order chi connectivity index (χ1) is 10.3. The van der Waals surface area contributed by atoms with E-state index in [4.69, 9.17) is 0 Å². The number of nitrogens with zero attached hydrogens (tertiary/aromatic N) is 3. The van der Waals surface area contributed by atoms with Crippen molar-refractivity contribution in [3.05, 3.63) is 11.4 Å². The molecule has 1 atom stereocenters. The molecule has 2 aromatic rings. The molecule has 1 aliphatic rings. The summed E-state index contributed by atoms with van der Waals surface area (Å²) in [6.07, 6.45) is 4.04. The van der Waals surface area contributed by atoms with Crippen molar-refractivity contribution < 1.29 is 0 Å². The number of hydrogen-bond donors (Lipinski definition) is 2. The second kappa shape index (κ2) is 6.58. The van der Waals surface area contributed by atoms with Gasteiger partial charge in [-0.15, -0.1) is 11.3 Å². The van der Waals surface area contributed by atoms with Gasteiger partial charge in [-0.25, -0.2) is 4.98 Å². The molecule has 114 valence electrons. The van der Waals surface area contributed by atoms with Crippen LogP contribution >= 0.6 is 11.3 Å². The highest BCUT2D eigenvalue weighted by atomic mass is 32.1. The summed E-state index contributed by atoms with van der Waals surface area (Å²) in [5.41, 5.74) is 0. The van der Waals surface area contributed by atoms with E-state index >= 15 is 0 Å². The summed E-state index contributed by atoms with van der Waals surface area (Å²) in [5.74, 6) is 1.62. The topological polar surface area (TPSA) is 53.1 Å². The quantitative estimate of drug-likeness (QED) is 0.889. The molecule has 2 N–H and O–H groups in total. The lowest BCUT2D eigenvalue weighted by molar-refractivity contribution is 0.223. The number of fused-ring (bicyclic) bond motifs is 1. The van der Waals surface area contributed by atoms with Crippen LogP contribution in [0.2, 0.25) is 0 Å². The van der Waals surface area contributed by atoms with Crippen molar-refractivity contribution in [1.29, 1.82) is 0 Å². The van der Waals surface area contributed by atoms with Gasteiger partial charge in [0.15, 0.2) is 0 Å². The summed E-state index contributed by atoms with van der Waals surface area (Å²) in [5, 5.41) is 9.79. The molecular formula is C15H23N5S. The first-order valence-electron chi connectivity index (χ1n) is 7.68. The molecule has 3 rings (SSSR count). The van der Waals surface area contributed by atoms with Crippen molar-refractivity contribution in [2.75, 3.05) is 37.3 Å². The Hall–Kier alpha value is -1.40. The van der Waals surface area contributed by atoms with Crippen LogP contribution in [-0.4, -0.2) is 47.6 Å². The Labute approximate surface area is 129 Å². The molecule has 1 saturated heterocycles. The van der Waals surface area contributed by atoms with Crippen LogP contribution in [-0.2, 0) is 0 Å². The molecule has 1 fully saturated rings. The van der Waals surface area contributed by atoms with E-state index in [9.17, 15) is 0 Å². The molecule has 0 bridgehead atoms. The Morgan fingerprint density at radius 2 is 2.10 bits per heavy atom. The van der Waals surface area contributed by atoms with Crippen LogP contribution in [0, 0.1) is 0 Å². The molecule has 5 nitrogen and oxygen atoms in total. The maximum absolute atomic E-state index is 4.58. The Balaban J connectivity index is 1.72. The minimum Gasteiger partial charge on any atom is -0.366 e. The summed E-state index contributed by atoms with van der Waals surface area (Å²) in [4.78, 5) is 12.6. The number of nitrogens with one attached hydrogen (secondary N) is 2. The van der Waals surface area contributed by atoms with Crippen molar-refractivity contribution in [1.82, 2.24) is 14.9 Å². The van der Waals surface area contributed by atoms with Gasteiger partial charge in [-0.05, 0) is 44.3 Å². The summed E-state index contributed by atoms with van der Waals surface area (Å²) in [7, 11) is 1.86. The maximum atomic E-state index is 4.58. The Morgan fingerprint density at radius 1 is 1.29 bits per heavy atom. The maximum Gasteiger partial charge on any atom is 0.225 e. The lowest BCUT2D eigenvalue weighted by Gasteiger charge is -2.29. The first kappa shape index (κ1) is 14.5. The zero-order chi connectivity index (χ0) is 14.7. The number of hydrogen-bond acceptors (Lipinski definition) is 6. The zero-order valence-corrected chi connectivity index (χ0v) is 13.5. The summed E-state index contributed by atoms with van der Waals surface area (Å²) in [6.45, 7) is 5.76. The summed E-state index contributed by atoms with van der Waals surface area (Å²) in [6, 6.07) is 2.47. The number of anilines is 2. The van der Waals surface area contributed by atoms with Crippen LogP contribution in [0.25, 0.3) is 10.2 Å². The van der Waals surface area contributed by atoms with E-state index < -0.39 is 0 Å². The van der Waals surface area contributed by atoms with Crippen LogP contribution in [0.3, 0.4) is 0 Å². The molecule has 21 heavy (non-hydrogen) atoms. The second-order valence-electron chi connectivity index (χ2n) is 5.69. The SMILES string of the molecule is CNc1nc(NC(C)CN2CCCCC2)c2ccsc2n1. The third-order valence-electron chi connectivity index (χ3n) is 3.91. The van der Waals surface area contributed by atoms with Gasteiger partial charge in [-0.2, -0.15) is 4.98 Å². The monoisotopic (exact) mass is 305 g/mol. The van der Waals surface area contributed by atoms with E-state index in [-0.39, 0.29) is 0 Å². The third-order valence-corrected chi connectivity index (χ3v) is 4.72. The standard InChI is InChI=1S/C15H23N5S/c1-11(10-20-7-4-3-5-8-20)17-13-12-6-9-21-14(12)19-15(16-2)18-13/h6,9,11H,3-5,7-8,10H2,1-2H3,(H2,16,17,18,19). The average Bonchev–Trinajstić information content (AvgIpc) is 2.96. The lowest BCUT2D eigenvalue weighted by Crippen LogP contribution is -2.38. The fourth-order valence-corrected chi connectivity index (χ4v) is 3.65. The van der Waals surface area contributed by atoms with Gasteiger partial charge in [0.1, 0.15) is 10.6 Å². The van der Waals surface area contributed by atoms with E-state index in [0.717, 1.165) is 22.6 Å². The molecule has 0 amide bonds. The third kappa shape index (κ3) is 3.44. The number of rotatable bonds is 5. The summed E-state index contributed by atoms with van der Waals surface area (Å²) >= 11 is 1.65. The molecule has 0 saturated carbocycles. The largest absolute Gasteiger partial charge is 0.366 e. The fraction of sp³-hybridized carbons (Fsp3) is 0.600. The molecule has 1 unspecified atom stereocenters. The van der Waals surface area contributed by atoms with Gasteiger partial charge >= 0.3 is 0 Å². The molecule has 2 aromatic heterocycles. The molecule has 0 spiro atoms. The van der Waals surface area contributed by atoms with Gasteiger partial charge in [0.2, 0.25) is 5.95 Å². The van der Waals surface area contributed by atoms with Gasteiger partial charge in [0.25, 0.3) is 0 Å². The van der Waals surface area contributed by atoms with Crippen LogP contribution in [0.5, 0.6) is 0 Å². The van der Waals surface area contributed by atoms with Crippen molar-refractivity contribution in [3.63, 3.8) is 0 Å². The minimum atomic E-state index is 0.380. The van der Waals surface area contributed by atoms with E-state index in [1.807, 2.05) is 7.05 Å². The van der Waals surface area contributed by atoms with Crippen molar-refractivity contribution in [2.45, 2.75) is 32.2 Å². The lowest BCUT2D eigenvalue weighted by atomic mass is 10.1. The highest BCUT2D eigenvalue weighted by molar-refractivity contribution is 7.16.